The molecule has 3 aromatic carbocycles. The molecule has 0 fully saturated rings. The van der Waals surface area contributed by atoms with Gasteiger partial charge in [-0.1, -0.05) is 73.7 Å². The van der Waals surface area contributed by atoms with Crippen LogP contribution in [0.25, 0.3) is 16.8 Å². The molecule has 4 aromatic rings. The molecule has 0 unspecified atom stereocenters. The van der Waals surface area contributed by atoms with E-state index in [-0.39, 0.29) is 11.3 Å². The third-order valence-electron chi connectivity index (χ3n) is 5.44. The maximum absolute atomic E-state index is 13.4. The van der Waals surface area contributed by atoms with Crippen LogP contribution in [0.3, 0.4) is 0 Å². The molecule has 176 valence electrons. The van der Waals surface area contributed by atoms with Crippen molar-refractivity contribution >= 4 is 28.7 Å². The lowest BCUT2D eigenvalue weighted by molar-refractivity contribution is -0.124. The van der Waals surface area contributed by atoms with E-state index in [9.17, 15) is 14.4 Å². The average Bonchev–Trinajstić information content (AvgIpc) is 2.91. The summed E-state index contributed by atoms with van der Waals surface area (Å²) in [5, 5.41) is 10.2. The van der Waals surface area contributed by atoms with Gasteiger partial charge < -0.3 is 10.7 Å². The van der Waals surface area contributed by atoms with Crippen molar-refractivity contribution in [2.75, 3.05) is 0 Å². The smallest absolute Gasteiger partial charge is 0.272 e. The molecule has 0 spiro atoms. The first-order valence-electron chi connectivity index (χ1n) is 11.2. The summed E-state index contributed by atoms with van der Waals surface area (Å²) in [6.07, 6.45) is 2.56. The minimum atomic E-state index is -1.17. The predicted molar refractivity (Wildman–Crippen MR) is 135 cm³/mol. The summed E-state index contributed by atoms with van der Waals surface area (Å²) in [5.74, 6) is -0.982. The fourth-order valence-electron chi connectivity index (χ4n) is 3.61. The lowest BCUT2D eigenvalue weighted by atomic mass is 10.0. The van der Waals surface area contributed by atoms with Crippen molar-refractivity contribution in [2.45, 2.75) is 19.4 Å². The molecule has 1 heterocycles. The molecule has 8 nitrogen and oxygen atoms in total. The van der Waals surface area contributed by atoms with Gasteiger partial charge in [-0.2, -0.15) is 5.10 Å². The van der Waals surface area contributed by atoms with Gasteiger partial charge in [0.2, 0.25) is 0 Å². The van der Waals surface area contributed by atoms with Crippen LogP contribution in [-0.4, -0.2) is 22.0 Å². The number of H-pyrrole nitrogens is 1. The molecule has 0 radical (unpaired) electrons. The van der Waals surface area contributed by atoms with E-state index >= 15 is 0 Å². The first-order valence-corrected chi connectivity index (χ1v) is 11.2. The largest absolute Gasteiger partial charge is 0.335 e. The van der Waals surface area contributed by atoms with E-state index in [1.54, 1.807) is 54.6 Å². The Morgan fingerprint density at radius 3 is 2.20 bits per heavy atom. The summed E-state index contributed by atoms with van der Waals surface area (Å²) >= 11 is 0. The van der Waals surface area contributed by atoms with Gasteiger partial charge in [0.1, 0.15) is 5.69 Å². The molecular formula is C27H25N5O3. The number of allylic oxidation sites excluding steroid dienone is 1. The number of hydrogen-bond donors (Lipinski definition) is 4. The SMILES string of the molecule is CCC(=Cc1ccccc1)NNC(=O)[C@H](NC(=O)c1ccccc1)c1n[nH]c(=O)c2ccccc12. The number of aromatic nitrogens is 2. The van der Waals surface area contributed by atoms with Crippen molar-refractivity contribution in [3.05, 3.63) is 118 Å². The highest BCUT2D eigenvalue weighted by atomic mass is 16.2. The third-order valence-corrected chi connectivity index (χ3v) is 5.44. The normalized spacial score (nSPS) is 12.1. The zero-order valence-electron chi connectivity index (χ0n) is 19.1. The number of rotatable bonds is 8. The summed E-state index contributed by atoms with van der Waals surface area (Å²) in [6.45, 7) is 1.96. The number of amides is 2. The van der Waals surface area contributed by atoms with E-state index in [2.05, 4.69) is 26.4 Å². The van der Waals surface area contributed by atoms with Gasteiger partial charge in [-0.05, 0) is 36.3 Å². The van der Waals surface area contributed by atoms with Crippen molar-refractivity contribution in [2.24, 2.45) is 0 Å². The molecule has 0 aliphatic carbocycles. The van der Waals surface area contributed by atoms with E-state index in [1.807, 2.05) is 43.3 Å². The highest BCUT2D eigenvalue weighted by Gasteiger charge is 2.27. The third kappa shape index (κ3) is 5.62. The molecule has 0 saturated carbocycles. The summed E-state index contributed by atoms with van der Waals surface area (Å²) in [4.78, 5) is 38.6. The number of nitrogens with one attached hydrogen (secondary N) is 4. The molecule has 4 rings (SSSR count). The van der Waals surface area contributed by atoms with Gasteiger partial charge in [-0.15, -0.1) is 0 Å². The van der Waals surface area contributed by atoms with Crippen LogP contribution in [0.4, 0.5) is 0 Å². The van der Waals surface area contributed by atoms with Crippen LogP contribution >= 0.6 is 0 Å². The van der Waals surface area contributed by atoms with Crippen molar-refractivity contribution in [3.63, 3.8) is 0 Å². The minimum Gasteiger partial charge on any atom is -0.335 e. The highest BCUT2D eigenvalue weighted by molar-refractivity contribution is 5.99. The Bertz CT molecular complexity index is 1420. The van der Waals surface area contributed by atoms with Crippen LogP contribution in [0.15, 0.2) is 95.4 Å². The zero-order chi connectivity index (χ0) is 24.6. The summed E-state index contributed by atoms with van der Waals surface area (Å²) in [5.41, 5.74) is 7.64. The number of aromatic amines is 1. The summed E-state index contributed by atoms with van der Waals surface area (Å²) < 4.78 is 0. The van der Waals surface area contributed by atoms with Gasteiger partial charge in [0.15, 0.2) is 6.04 Å². The average molecular weight is 468 g/mol. The van der Waals surface area contributed by atoms with Crippen LogP contribution in [0.1, 0.15) is 41.0 Å². The molecular weight excluding hydrogens is 442 g/mol. The molecule has 4 N–H and O–H groups in total. The van der Waals surface area contributed by atoms with E-state index in [4.69, 9.17) is 0 Å². The topological polar surface area (TPSA) is 116 Å². The zero-order valence-corrected chi connectivity index (χ0v) is 19.1. The molecule has 1 atom stereocenters. The number of nitrogens with zero attached hydrogens (tertiary/aromatic N) is 1. The molecule has 35 heavy (non-hydrogen) atoms. The van der Waals surface area contributed by atoms with Crippen LogP contribution in [0.5, 0.6) is 0 Å². The fourth-order valence-corrected chi connectivity index (χ4v) is 3.61. The van der Waals surface area contributed by atoms with Crippen molar-refractivity contribution in [3.8, 4) is 0 Å². The summed E-state index contributed by atoms with van der Waals surface area (Å²) in [6, 6.07) is 23.9. The van der Waals surface area contributed by atoms with E-state index < -0.39 is 17.9 Å². The standard InChI is InChI=1S/C27H25N5O3/c1-2-20(17-18-11-5-3-6-12-18)29-32-27(35)24(28-25(33)19-13-7-4-8-14-19)23-21-15-9-10-16-22(21)26(34)31-30-23/h3-17,24,29H,2H2,1H3,(H,28,33)(H,31,34)(H,32,35)/t24-/m1/s1. The van der Waals surface area contributed by atoms with Crippen molar-refractivity contribution in [1.29, 1.82) is 0 Å². The second-order valence-electron chi connectivity index (χ2n) is 7.80. The lowest BCUT2D eigenvalue weighted by Gasteiger charge is -2.20. The first-order chi connectivity index (χ1) is 17.1. The minimum absolute atomic E-state index is 0.230. The van der Waals surface area contributed by atoms with Gasteiger partial charge in [0, 0.05) is 16.6 Å². The predicted octanol–water partition coefficient (Wildman–Crippen LogP) is 3.47. The molecule has 2 amide bonds. The maximum Gasteiger partial charge on any atom is 0.272 e. The van der Waals surface area contributed by atoms with E-state index in [0.29, 0.717) is 22.8 Å². The second-order valence-corrected chi connectivity index (χ2v) is 7.80. The number of fused-ring (bicyclic) bond motifs is 1. The molecule has 8 heteroatoms. The molecule has 0 bridgehead atoms. The van der Waals surface area contributed by atoms with Gasteiger partial charge in [0.25, 0.3) is 17.4 Å². The Morgan fingerprint density at radius 1 is 0.886 bits per heavy atom. The van der Waals surface area contributed by atoms with Gasteiger partial charge in [-0.25, -0.2) is 5.10 Å². The van der Waals surface area contributed by atoms with Crippen LogP contribution in [-0.2, 0) is 4.79 Å². The van der Waals surface area contributed by atoms with E-state index in [0.717, 1.165) is 11.3 Å². The molecule has 1 aromatic heterocycles. The number of hydrogen-bond acceptors (Lipinski definition) is 5. The number of carbonyl (C=O) groups excluding carboxylic acids is 2. The Hall–Kier alpha value is -4.72. The number of hydrazine groups is 1. The number of carbonyl (C=O) groups is 2. The molecule has 0 aliphatic heterocycles. The Balaban J connectivity index is 1.65. The first kappa shape index (κ1) is 23.4. The Morgan fingerprint density at radius 2 is 1.51 bits per heavy atom. The van der Waals surface area contributed by atoms with Gasteiger partial charge in [-0.3, -0.25) is 19.8 Å². The highest BCUT2D eigenvalue weighted by Crippen LogP contribution is 2.20. The fraction of sp³-hybridized carbons (Fsp3) is 0.111. The van der Waals surface area contributed by atoms with Crippen LogP contribution in [0.2, 0.25) is 0 Å². The lowest BCUT2D eigenvalue weighted by Crippen LogP contribution is -2.46. The van der Waals surface area contributed by atoms with E-state index in [1.165, 1.54) is 0 Å². The van der Waals surface area contributed by atoms with Gasteiger partial charge in [0.05, 0.1) is 5.39 Å². The monoisotopic (exact) mass is 467 g/mol. The van der Waals surface area contributed by atoms with Crippen molar-refractivity contribution in [1.82, 2.24) is 26.4 Å². The second kappa shape index (κ2) is 10.9. The Kier molecular flexibility index (Phi) is 7.32. The van der Waals surface area contributed by atoms with Crippen LogP contribution in [0, 0.1) is 0 Å². The van der Waals surface area contributed by atoms with Crippen LogP contribution < -0.4 is 21.7 Å². The Labute approximate surface area is 202 Å². The summed E-state index contributed by atoms with van der Waals surface area (Å²) in [7, 11) is 0. The van der Waals surface area contributed by atoms with Gasteiger partial charge >= 0.3 is 0 Å². The quantitative estimate of drug-likeness (QED) is 0.296. The maximum atomic E-state index is 13.4. The molecule has 0 saturated heterocycles. The number of benzene rings is 3. The van der Waals surface area contributed by atoms with Crippen molar-refractivity contribution < 1.29 is 9.59 Å². The molecule has 0 aliphatic rings.